The van der Waals surface area contributed by atoms with Gasteiger partial charge in [-0.05, 0) is 17.7 Å². The fourth-order valence-corrected chi connectivity index (χ4v) is 1.30. The van der Waals surface area contributed by atoms with Crippen molar-refractivity contribution in [2.75, 3.05) is 6.61 Å². The molecule has 6 N–H and O–H groups in total. The molecular weight excluding hydrogens is 222 g/mol. The van der Waals surface area contributed by atoms with E-state index in [1.807, 2.05) is 0 Å². The predicted octanol–water partition coefficient (Wildman–Crippen LogP) is -0.574. The van der Waals surface area contributed by atoms with Gasteiger partial charge >= 0.3 is 0 Å². The van der Waals surface area contributed by atoms with E-state index in [-0.39, 0.29) is 13.0 Å². The molecule has 1 unspecified atom stereocenters. The van der Waals surface area contributed by atoms with Crippen molar-refractivity contribution < 1.29 is 14.3 Å². The van der Waals surface area contributed by atoms with Crippen molar-refractivity contribution in [3.8, 4) is 5.75 Å². The highest BCUT2D eigenvalue weighted by molar-refractivity contribution is 5.75. The summed E-state index contributed by atoms with van der Waals surface area (Å²) < 4.78 is 5.08. The van der Waals surface area contributed by atoms with Crippen LogP contribution in [0.15, 0.2) is 24.3 Å². The molecule has 0 spiro atoms. The third-order valence-electron chi connectivity index (χ3n) is 2.11. The maximum absolute atomic E-state index is 10.7. The zero-order valence-corrected chi connectivity index (χ0v) is 9.26. The van der Waals surface area contributed by atoms with E-state index in [1.54, 1.807) is 24.3 Å². The Kier molecular flexibility index (Phi) is 4.47. The number of benzene rings is 1. The minimum atomic E-state index is -0.542. The Hall–Kier alpha value is -2.08. The summed E-state index contributed by atoms with van der Waals surface area (Å²) in [6, 6.07) is 6.30. The van der Waals surface area contributed by atoms with Crippen LogP contribution in [0.25, 0.3) is 0 Å². The number of hydrogen-bond acceptors (Lipinski definition) is 4. The molecule has 6 heteroatoms. The van der Waals surface area contributed by atoms with Crippen LogP contribution in [0.2, 0.25) is 0 Å². The standard InChI is InChI=1S/C11H15N3O3/c12-9(5-10(13)15)7-1-3-8(4-2-7)17-6-11(14)16/h1-4,9H,5-6,12H2,(H2,13,15)(H2,14,16). The van der Waals surface area contributed by atoms with Gasteiger partial charge in [-0.2, -0.15) is 0 Å². The van der Waals surface area contributed by atoms with Crippen LogP contribution >= 0.6 is 0 Å². The number of nitrogens with two attached hydrogens (primary N) is 3. The van der Waals surface area contributed by atoms with E-state index in [4.69, 9.17) is 21.9 Å². The van der Waals surface area contributed by atoms with Gasteiger partial charge in [0.05, 0.1) is 0 Å². The molecule has 1 atom stereocenters. The van der Waals surface area contributed by atoms with Crippen LogP contribution < -0.4 is 21.9 Å². The summed E-state index contributed by atoms with van der Waals surface area (Å²) in [5.74, 6) is -0.482. The van der Waals surface area contributed by atoms with E-state index >= 15 is 0 Å². The van der Waals surface area contributed by atoms with E-state index in [1.165, 1.54) is 0 Å². The predicted molar refractivity (Wildman–Crippen MR) is 61.9 cm³/mol. The van der Waals surface area contributed by atoms with Crippen LogP contribution in [0.1, 0.15) is 18.0 Å². The Morgan fingerprint density at radius 1 is 1.12 bits per heavy atom. The van der Waals surface area contributed by atoms with Crippen molar-refractivity contribution in [1.82, 2.24) is 0 Å². The summed E-state index contributed by atoms with van der Waals surface area (Å²) in [5, 5.41) is 0. The lowest BCUT2D eigenvalue weighted by Crippen LogP contribution is -2.21. The lowest BCUT2D eigenvalue weighted by molar-refractivity contribution is -0.120. The molecule has 0 aromatic heterocycles. The maximum atomic E-state index is 10.7. The smallest absolute Gasteiger partial charge is 0.255 e. The number of carbonyl (C=O) groups excluding carboxylic acids is 2. The van der Waals surface area contributed by atoms with Crippen molar-refractivity contribution in [2.45, 2.75) is 12.5 Å². The van der Waals surface area contributed by atoms with Gasteiger partial charge in [-0.15, -0.1) is 0 Å². The Labute approximate surface area is 98.7 Å². The molecule has 0 aliphatic carbocycles. The Morgan fingerprint density at radius 3 is 2.18 bits per heavy atom. The lowest BCUT2D eigenvalue weighted by Gasteiger charge is -2.10. The highest BCUT2D eigenvalue weighted by atomic mass is 16.5. The van der Waals surface area contributed by atoms with Gasteiger partial charge in [-0.3, -0.25) is 9.59 Å². The van der Waals surface area contributed by atoms with Crippen LogP contribution in [-0.4, -0.2) is 18.4 Å². The molecule has 0 aliphatic rings. The quantitative estimate of drug-likeness (QED) is 0.613. The molecule has 1 rings (SSSR count). The Balaban J connectivity index is 2.60. The number of primary amides is 2. The summed E-state index contributed by atoms with van der Waals surface area (Å²) in [5.41, 5.74) is 16.5. The molecule has 0 radical (unpaired) electrons. The highest BCUT2D eigenvalue weighted by Gasteiger charge is 2.09. The minimum absolute atomic E-state index is 0.0848. The zero-order chi connectivity index (χ0) is 12.8. The number of rotatable bonds is 6. The van der Waals surface area contributed by atoms with Crippen molar-refractivity contribution >= 4 is 11.8 Å². The van der Waals surface area contributed by atoms with Crippen molar-refractivity contribution in [3.05, 3.63) is 29.8 Å². The first-order chi connectivity index (χ1) is 7.99. The van der Waals surface area contributed by atoms with Gasteiger partial charge in [0, 0.05) is 12.5 Å². The van der Waals surface area contributed by atoms with Gasteiger partial charge in [-0.25, -0.2) is 0 Å². The summed E-state index contributed by atoms with van der Waals surface area (Å²) >= 11 is 0. The molecule has 92 valence electrons. The molecule has 0 aliphatic heterocycles. The fraction of sp³-hybridized carbons (Fsp3) is 0.273. The zero-order valence-electron chi connectivity index (χ0n) is 9.26. The third-order valence-corrected chi connectivity index (χ3v) is 2.11. The minimum Gasteiger partial charge on any atom is -0.484 e. The average Bonchev–Trinajstić information content (AvgIpc) is 2.26. The van der Waals surface area contributed by atoms with Gasteiger partial charge < -0.3 is 21.9 Å². The molecule has 17 heavy (non-hydrogen) atoms. The van der Waals surface area contributed by atoms with E-state index in [2.05, 4.69) is 0 Å². The van der Waals surface area contributed by atoms with Crippen LogP contribution in [0, 0.1) is 0 Å². The average molecular weight is 237 g/mol. The Morgan fingerprint density at radius 2 is 1.71 bits per heavy atom. The number of hydrogen-bond donors (Lipinski definition) is 3. The number of ether oxygens (including phenoxy) is 1. The van der Waals surface area contributed by atoms with Crippen molar-refractivity contribution in [1.29, 1.82) is 0 Å². The van der Waals surface area contributed by atoms with Crippen molar-refractivity contribution in [3.63, 3.8) is 0 Å². The SMILES string of the molecule is NC(=O)COc1ccc(C(N)CC(N)=O)cc1. The molecular formula is C11H15N3O3. The second kappa shape index (κ2) is 5.86. The maximum Gasteiger partial charge on any atom is 0.255 e. The highest BCUT2D eigenvalue weighted by Crippen LogP contribution is 2.18. The molecule has 0 heterocycles. The molecule has 0 saturated carbocycles. The van der Waals surface area contributed by atoms with E-state index < -0.39 is 17.9 Å². The first-order valence-corrected chi connectivity index (χ1v) is 5.04. The molecule has 0 fully saturated rings. The number of amides is 2. The van der Waals surface area contributed by atoms with E-state index in [9.17, 15) is 9.59 Å². The third kappa shape index (κ3) is 4.52. The molecule has 1 aromatic carbocycles. The van der Waals surface area contributed by atoms with Crippen LogP contribution in [0.5, 0.6) is 5.75 Å². The molecule has 0 saturated heterocycles. The first kappa shape index (κ1) is 13.0. The summed E-state index contributed by atoms with van der Waals surface area (Å²) in [7, 11) is 0. The van der Waals surface area contributed by atoms with Crippen molar-refractivity contribution in [2.24, 2.45) is 17.2 Å². The monoisotopic (exact) mass is 237 g/mol. The summed E-state index contributed by atoms with van der Waals surface area (Å²) in [6.45, 7) is -0.174. The van der Waals surface area contributed by atoms with E-state index in [0.29, 0.717) is 5.75 Å². The van der Waals surface area contributed by atoms with Gasteiger partial charge in [0.15, 0.2) is 6.61 Å². The lowest BCUT2D eigenvalue weighted by atomic mass is 10.0. The van der Waals surface area contributed by atoms with Gasteiger partial charge in [0.2, 0.25) is 5.91 Å². The summed E-state index contributed by atoms with van der Waals surface area (Å²) in [6.07, 6.45) is 0.0848. The topological polar surface area (TPSA) is 121 Å². The molecule has 6 nitrogen and oxygen atoms in total. The fourth-order valence-electron chi connectivity index (χ4n) is 1.30. The normalized spacial score (nSPS) is 11.8. The van der Waals surface area contributed by atoms with Crippen LogP contribution in [-0.2, 0) is 9.59 Å². The second-order valence-corrected chi connectivity index (χ2v) is 3.60. The van der Waals surface area contributed by atoms with Gasteiger partial charge in [0.25, 0.3) is 5.91 Å². The second-order valence-electron chi connectivity index (χ2n) is 3.60. The Bertz CT molecular complexity index is 403. The molecule has 1 aromatic rings. The largest absolute Gasteiger partial charge is 0.484 e. The number of carbonyl (C=O) groups is 2. The van der Waals surface area contributed by atoms with Crippen LogP contribution in [0.3, 0.4) is 0 Å². The van der Waals surface area contributed by atoms with Gasteiger partial charge in [-0.1, -0.05) is 12.1 Å². The molecule has 0 bridgehead atoms. The van der Waals surface area contributed by atoms with Crippen LogP contribution in [0.4, 0.5) is 0 Å². The first-order valence-electron chi connectivity index (χ1n) is 5.04. The van der Waals surface area contributed by atoms with E-state index in [0.717, 1.165) is 5.56 Å². The summed E-state index contributed by atoms with van der Waals surface area (Å²) in [4.78, 5) is 21.2. The molecule has 2 amide bonds. The van der Waals surface area contributed by atoms with Gasteiger partial charge in [0.1, 0.15) is 5.75 Å².